The lowest BCUT2D eigenvalue weighted by Gasteiger charge is -2.04. The Morgan fingerprint density at radius 2 is 2.31 bits per heavy atom. The number of hydrogen-bond acceptors (Lipinski definition) is 2. The molecule has 1 unspecified atom stereocenters. The van der Waals surface area contributed by atoms with Crippen molar-refractivity contribution < 1.29 is 4.39 Å². The number of aromatic nitrogens is 1. The summed E-state index contributed by atoms with van der Waals surface area (Å²) in [6, 6.07) is 3.84. The Morgan fingerprint density at radius 1 is 1.54 bits per heavy atom. The Labute approximate surface area is 78.0 Å². The van der Waals surface area contributed by atoms with Crippen molar-refractivity contribution in [3.05, 3.63) is 29.6 Å². The van der Waals surface area contributed by atoms with Crippen LogP contribution in [0.4, 0.5) is 4.39 Å². The highest BCUT2D eigenvalue weighted by molar-refractivity contribution is 5.14. The van der Waals surface area contributed by atoms with E-state index in [0.29, 0.717) is 6.42 Å². The highest BCUT2D eigenvalue weighted by atomic mass is 19.1. The monoisotopic (exact) mass is 182 g/mol. The molecular weight excluding hydrogens is 167 g/mol. The lowest BCUT2D eigenvalue weighted by atomic mass is 10.1. The van der Waals surface area contributed by atoms with Crippen molar-refractivity contribution in [3.63, 3.8) is 0 Å². The van der Waals surface area contributed by atoms with Gasteiger partial charge in [-0.1, -0.05) is 13.0 Å². The van der Waals surface area contributed by atoms with Gasteiger partial charge in [0.25, 0.3) is 0 Å². The molecule has 0 aliphatic rings. The number of hydrogen-bond donors (Lipinski definition) is 1. The van der Waals surface area contributed by atoms with Crippen LogP contribution in [0.1, 0.15) is 18.2 Å². The third-order valence-electron chi connectivity index (χ3n) is 1.98. The normalized spacial score (nSPS) is 12.8. The van der Waals surface area contributed by atoms with E-state index in [1.165, 1.54) is 5.56 Å². The molecule has 0 bridgehead atoms. The van der Waals surface area contributed by atoms with Crippen LogP contribution in [-0.4, -0.2) is 17.7 Å². The third-order valence-corrected chi connectivity index (χ3v) is 1.98. The van der Waals surface area contributed by atoms with Crippen molar-refractivity contribution in [3.8, 4) is 0 Å². The zero-order valence-corrected chi connectivity index (χ0v) is 7.83. The number of nitrogens with zero attached hydrogens (tertiary/aromatic N) is 1. The van der Waals surface area contributed by atoms with Crippen molar-refractivity contribution in [2.45, 2.75) is 25.9 Å². The Kier molecular flexibility index (Phi) is 3.83. The molecule has 3 heteroatoms. The summed E-state index contributed by atoms with van der Waals surface area (Å²) >= 11 is 0. The van der Waals surface area contributed by atoms with Gasteiger partial charge in [0, 0.05) is 24.9 Å². The van der Waals surface area contributed by atoms with Gasteiger partial charge in [-0.15, -0.1) is 0 Å². The molecule has 1 aromatic rings. The molecule has 72 valence electrons. The van der Waals surface area contributed by atoms with E-state index in [0.717, 1.165) is 12.1 Å². The van der Waals surface area contributed by atoms with Crippen LogP contribution in [0.2, 0.25) is 0 Å². The Bertz CT molecular complexity index is 246. The predicted molar refractivity (Wildman–Crippen MR) is 51.3 cm³/mol. The van der Waals surface area contributed by atoms with Gasteiger partial charge in [-0.3, -0.25) is 4.98 Å². The van der Waals surface area contributed by atoms with Crippen LogP contribution in [0.15, 0.2) is 18.3 Å². The predicted octanol–water partition coefficient (Wildman–Crippen LogP) is 1.48. The minimum Gasteiger partial charge on any atom is -0.328 e. The number of aryl methyl sites for hydroxylation is 1. The summed E-state index contributed by atoms with van der Waals surface area (Å²) in [4.78, 5) is 4.14. The molecule has 2 N–H and O–H groups in total. The van der Waals surface area contributed by atoms with E-state index < -0.39 is 6.17 Å². The molecule has 0 saturated heterocycles. The molecule has 0 radical (unpaired) electrons. The number of pyridine rings is 1. The molecule has 1 atom stereocenters. The van der Waals surface area contributed by atoms with Gasteiger partial charge < -0.3 is 5.73 Å². The van der Waals surface area contributed by atoms with E-state index in [1.807, 2.05) is 12.1 Å². The van der Waals surface area contributed by atoms with Gasteiger partial charge in [-0.05, 0) is 18.1 Å². The van der Waals surface area contributed by atoms with E-state index in [9.17, 15) is 4.39 Å². The van der Waals surface area contributed by atoms with Gasteiger partial charge in [0.1, 0.15) is 6.17 Å². The van der Waals surface area contributed by atoms with Gasteiger partial charge in [-0.25, -0.2) is 4.39 Å². The second-order valence-corrected chi connectivity index (χ2v) is 3.05. The maximum absolute atomic E-state index is 12.8. The first kappa shape index (κ1) is 10.1. The maximum Gasteiger partial charge on any atom is 0.118 e. The highest BCUT2D eigenvalue weighted by Gasteiger charge is 2.05. The summed E-state index contributed by atoms with van der Waals surface area (Å²) < 4.78 is 12.8. The van der Waals surface area contributed by atoms with Crippen LogP contribution < -0.4 is 5.73 Å². The minimum atomic E-state index is -0.972. The molecule has 0 aromatic carbocycles. The van der Waals surface area contributed by atoms with Crippen molar-refractivity contribution in [2.24, 2.45) is 5.73 Å². The Morgan fingerprint density at radius 3 is 2.77 bits per heavy atom. The maximum atomic E-state index is 12.8. The molecule has 0 saturated carbocycles. The first-order valence-corrected chi connectivity index (χ1v) is 4.54. The lowest BCUT2D eigenvalue weighted by molar-refractivity contribution is 0.338. The number of nitrogens with two attached hydrogens (primary N) is 1. The molecule has 1 rings (SSSR count). The molecule has 2 nitrogen and oxygen atoms in total. The zero-order chi connectivity index (χ0) is 9.68. The van der Waals surface area contributed by atoms with Crippen molar-refractivity contribution >= 4 is 0 Å². The van der Waals surface area contributed by atoms with Crippen LogP contribution in [0.25, 0.3) is 0 Å². The molecule has 1 aromatic heterocycles. The van der Waals surface area contributed by atoms with E-state index in [4.69, 9.17) is 5.73 Å². The third kappa shape index (κ3) is 3.11. The van der Waals surface area contributed by atoms with E-state index in [2.05, 4.69) is 11.9 Å². The molecule has 13 heavy (non-hydrogen) atoms. The molecular formula is C10H15FN2. The average molecular weight is 182 g/mol. The Hall–Kier alpha value is -0.960. The molecule has 0 aliphatic heterocycles. The quantitative estimate of drug-likeness (QED) is 0.766. The minimum absolute atomic E-state index is 0.0667. The van der Waals surface area contributed by atoms with Gasteiger partial charge >= 0.3 is 0 Å². The first-order valence-electron chi connectivity index (χ1n) is 4.54. The second-order valence-electron chi connectivity index (χ2n) is 3.05. The SMILES string of the molecule is CCc1ccc(CC(F)CN)nc1. The second kappa shape index (κ2) is 4.92. The van der Waals surface area contributed by atoms with E-state index in [1.54, 1.807) is 6.20 Å². The summed E-state index contributed by atoms with van der Waals surface area (Å²) in [7, 11) is 0. The summed E-state index contributed by atoms with van der Waals surface area (Å²) in [5.41, 5.74) is 7.12. The van der Waals surface area contributed by atoms with E-state index >= 15 is 0 Å². The van der Waals surface area contributed by atoms with Crippen molar-refractivity contribution in [2.75, 3.05) is 6.54 Å². The van der Waals surface area contributed by atoms with Crippen molar-refractivity contribution in [1.29, 1.82) is 0 Å². The van der Waals surface area contributed by atoms with Gasteiger partial charge in [-0.2, -0.15) is 0 Å². The first-order chi connectivity index (χ1) is 6.26. The summed E-state index contributed by atoms with van der Waals surface area (Å²) in [5, 5.41) is 0. The largest absolute Gasteiger partial charge is 0.328 e. The smallest absolute Gasteiger partial charge is 0.118 e. The zero-order valence-electron chi connectivity index (χ0n) is 7.83. The average Bonchev–Trinajstić information content (AvgIpc) is 2.19. The Balaban J connectivity index is 2.58. The van der Waals surface area contributed by atoms with Crippen LogP contribution in [0, 0.1) is 0 Å². The van der Waals surface area contributed by atoms with E-state index in [-0.39, 0.29) is 6.54 Å². The fraction of sp³-hybridized carbons (Fsp3) is 0.500. The van der Waals surface area contributed by atoms with Gasteiger partial charge in [0.2, 0.25) is 0 Å². The topological polar surface area (TPSA) is 38.9 Å². The van der Waals surface area contributed by atoms with Crippen molar-refractivity contribution in [1.82, 2.24) is 4.98 Å². The lowest BCUT2D eigenvalue weighted by Crippen LogP contribution is -2.18. The fourth-order valence-electron chi connectivity index (χ4n) is 1.10. The standard InChI is InChI=1S/C10H15FN2/c1-2-8-3-4-10(13-7-8)5-9(11)6-12/h3-4,7,9H,2,5-6,12H2,1H3. The summed E-state index contributed by atoms with van der Waals surface area (Å²) in [5.74, 6) is 0. The number of alkyl halides is 1. The number of halogens is 1. The van der Waals surface area contributed by atoms with Gasteiger partial charge in [0.05, 0.1) is 0 Å². The van der Waals surface area contributed by atoms with Crippen LogP contribution >= 0.6 is 0 Å². The summed E-state index contributed by atoms with van der Waals surface area (Å²) in [6.07, 6.45) is 2.10. The molecule has 0 amide bonds. The molecule has 1 heterocycles. The fourth-order valence-corrected chi connectivity index (χ4v) is 1.10. The van der Waals surface area contributed by atoms with Crippen LogP contribution in [0.5, 0.6) is 0 Å². The summed E-state index contributed by atoms with van der Waals surface area (Å²) in [6.45, 7) is 2.13. The molecule has 0 fully saturated rings. The van der Waals surface area contributed by atoms with Crippen LogP contribution in [-0.2, 0) is 12.8 Å². The number of rotatable bonds is 4. The molecule has 0 aliphatic carbocycles. The van der Waals surface area contributed by atoms with Crippen LogP contribution in [0.3, 0.4) is 0 Å². The highest BCUT2D eigenvalue weighted by Crippen LogP contribution is 2.04. The van der Waals surface area contributed by atoms with Gasteiger partial charge in [0.15, 0.2) is 0 Å². The molecule has 0 spiro atoms.